The fraction of sp³-hybridized carbons (Fsp3) is 0.381. The molecule has 0 unspecified atom stereocenters. The highest BCUT2D eigenvalue weighted by molar-refractivity contribution is 7.13. The van der Waals surface area contributed by atoms with Gasteiger partial charge in [0.1, 0.15) is 16.5 Å². The topological polar surface area (TPSA) is 91.3 Å². The van der Waals surface area contributed by atoms with Crippen molar-refractivity contribution in [2.24, 2.45) is 0 Å². The third-order valence-corrected chi connectivity index (χ3v) is 6.44. The van der Waals surface area contributed by atoms with Gasteiger partial charge in [-0.05, 0) is 63.9 Å². The van der Waals surface area contributed by atoms with Crippen LogP contribution in [0, 0.1) is 5.82 Å². The van der Waals surface area contributed by atoms with Gasteiger partial charge in [-0.1, -0.05) is 0 Å². The quantitative estimate of drug-likeness (QED) is 0.446. The van der Waals surface area contributed by atoms with Crippen molar-refractivity contribution in [2.45, 2.75) is 32.5 Å². The van der Waals surface area contributed by atoms with Crippen LogP contribution in [0.2, 0.25) is 6.82 Å². The molecule has 1 aliphatic heterocycles. The van der Waals surface area contributed by atoms with E-state index in [9.17, 15) is 14.2 Å². The van der Waals surface area contributed by atoms with Crippen molar-refractivity contribution in [2.75, 3.05) is 19.7 Å². The molecule has 0 saturated carbocycles. The highest BCUT2D eigenvalue weighted by Crippen LogP contribution is 2.41. The number of nitrogens with zero attached hydrogens (tertiary/aromatic N) is 3. The lowest BCUT2D eigenvalue weighted by Gasteiger charge is -2.32. The average molecular weight is 442 g/mol. The molecule has 1 aliphatic rings. The number of nitrogens with one attached hydrogen (secondary N) is 1. The van der Waals surface area contributed by atoms with Gasteiger partial charge in [0.25, 0.3) is 0 Å². The van der Waals surface area contributed by atoms with E-state index in [-0.39, 0.29) is 24.0 Å². The van der Waals surface area contributed by atoms with Crippen molar-refractivity contribution in [3.8, 4) is 21.8 Å². The SMILES string of the molecule is CCOC(=O)c1csc(-c2c(-c3ccc(F)cc3)n[nH]c2C2CCN(B(C)O)CC2)n1. The fourth-order valence-corrected chi connectivity index (χ4v) is 4.78. The van der Waals surface area contributed by atoms with E-state index in [1.54, 1.807) is 31.3 Å². The lowest BCUT2D eigenvalue weighted by molar-refractivity contribution is 0.0520. The molecule has 3 aromatic rings. The monoisotopic (exact) mass is 442 g/mol. The number of aromatic nitrogens is 3. The highest BCUT2D eigenvalue weighted by Gasteiger charge is 2.30. The van der Waals surface area contributed by atoms with E-state index in [2.05, 4.69) is 15.2 Å². The average Bonchev–Trinajstić information content (AvgIpc) is 3.42. The molecule has 2 aromatic heterocycles. The largest absolute Gasteiger partial charge is 0.461 e. The van der Waals surface area contributed by atoms with E-state index in [0.717, 1.165) is 42.8 Å². The number of rotatable bonds is 6. The van der Waals surface area contributed by atoms with Crippen molar-refractivity contribution in [3.63, 3.8) is 0 Å². The molecule has 0 aliphatic carbocycles. The molecule has 3 heterocycles. The summed E-state index contributed by atoms with van der Waals surface area (Å²) in [5.74, 6) is -0.560. The Hall–Kier alpha value is -2.56. The molecule has 1 fully saturated rings. The van der Waals surface area contributed by atoms with Gasteiger partial charge in [-0.25, -0.2) is 14.2 Å². The summed E-state index contributed by atoms with van der Waals surface area (Å²) in [4.78, 5) is 18.7. The van der Waals surface area contributed by atoms with Gasteiger partial charge in [-0.3, -0.25) is 5.10 Å². The van der Waals surface area contributed by atoms with Gasteiger partial charge < -0.3 is 14.6 Å². The Kier molecular flexibility index (Phi) is 6.50. The fourth-order valence-electron chi connectivity index (χ4n) is 3.93. The number of halogens is 1. The Bertz CT molecular complexity index is 1050. The number of hydrogen-bond acceptors (Lipinski definition) is 7. The number of piperidine rings is 1. The van der Waals surface area contributed by atoms with Gasteiger partial charge >= 0.3 is 13.0 Å². The number of esters is 1. The molecule has 31 heavy (non-hydrogen) atoms. The molecular weight excluding hydrogens is 418 g/mol. The van der Waals surface area contributed by atoms with E-state index in [4.69, 9.17) is 4.74 Å². The molecular formula is C21H24BFN4O3S. The first-order valence-corrected chi connectivity index (χ1v) is 11.2. The summed E-state index contributed by atoms with van der Waals surface area (Å²) in [6, 6.07) is 6.18. The first-order valence-electron chi connectivity index (χ1n) is 10.4. The predicted octanol–water partition coefficient (Wildman–Crippen LogP) is 3.81. The highest BCUT2D eigenvalue weighted by atomic mass is 32.1. The molecule has 0 amide bonds. The summed E-state index contributed by atoms with van der Waals surface area (Å²) >= 11 is 1.36. The third kappa shape index (κ3) is 4.56. The van der Waals surface area contributed by atoms with Crippen molar-refractivity contribution < 1.29 is 18.9 Å². The summed E-state index contributed by atoms with van der Waals surface area (Å²) in [6.07, 6.45) is 1.72. The zero-order valence-corrected chi connectivity index (χ0v) is 18.3. The molecule has 4 rings (SSSR count). The minimum atomic E-state index is -0.469. The third-order valence-electron chi connectivity index (χ3n) is 5.58. The molecule has 162 valence electrons. The van der Waals surface area contributed by atoms with Crippen LogP contribution in [0.5, 0.6) is 0 Å². The number of thiazole rings is 1. The first kappa shape index (κ1) is 21.7. The van der Waals surface area contributed by atoms with Crippen LogP contribution in [0.15, 0.2) is 29.6 Å². The van der Waals surface area contributed by atoms with Crippen LogP contribution < -0.4 is 0 Å². The smallest absolute Gasteiger partial charge is 0.376 e. The molecule has 2 N–H and O–H groups in total. The standard InChI is InChI=1S/C21H24BFN4O3S/c1-3-30-21(28)16-12-31-20(24-16)17-18(13-4-6-15(23)7-5-13)25-26-19(17)14-8-10-27(11-9-14)22(2)29/h4-7,12,14,29H,3,8-11H2,1-2H3,(H,25,26). The van der Waals surface area contributed by atoms with Gasteiger partial charge in [0.2, 0.25) is 0 Å². The molecule has 0 radical (unpaired) electrons. The maximum Gasteiger partial charge on any atom is 0.376 e. The maximum absolute atomic E-state index is 13.5. The lowest BCUT2D eigenvalue weighted by atomic mass is 9.80. The van der Waals surface area contributed by atoms with Crippen molar-refractivity contribution in [1.29, 1.82) is 0 Å². The second kappa shape index (κ2) is 9.29. The molecule has 0 bridgehead atoms. The van der Waals surface area contributed by atoms with E-state index in [1.165, 1.54) is 23.5 Å². The number of benzene rings is 1. The molecule has 0 atom stereocenters. The van der Waals surface area contributed by atoms with Crippen LogP contribution in [0.3, 0.4) is 0 Å². The maximum atomic E-state index is 13.5. The molecule has 0 spiro atoms. The summed E-state index contributed by atoms with van der Waals surface area (Å²) < 4.78 is 18.6. The summed E-state index contributed by atoms with van der Waals surface area (Å²) in [5, 5.41) is 20.0. The summed E-state index contributed by atoms with van der Waals surface area (Å²) in [6.45, 7) is 5.37. The van der Waals surface area contributed by atoms with Gasteiger partial charge in [0.15, 0.2) is 5.69 Å². The van der Waals surface area contributed by atoms with Crippen molar-refractivity contribution in [3.05, 3.63) is 46.9 Å². The number of aromatic amines is 1. The first-order chi connectivity index (χ1) is 15.0. The van der Waals surface area contributed by atoms with Crippen LogP contribution in [0.1, 0.15) is 41.9 Å². The zero-order chi connectivity index (χ0) is 22.0. The molecule has 1 saturated heterocycles. The van der Waals surface area contributed by atoms with Gasteiger partial charge in [0.05, 0.1) is 12.2 Å². The number of carbonyl (C=O) groups excluding carboxylic acids is 1. The zero-order valence-electron chi connectivity index (χ0n) is 17.5. The van der Waals surface area contributed by atoms with Crippen LogP contribution in [0.25, 0.3) is 21.8 Å². The minimum Gasteiger partial charge on any atom is -0.461 e. The number of carbonyl (C=O) groups is 1. The van der Waals surface area contributed by atoms with Crippen LogP contribution >= 0.6 is 11.3 Å². The van der Waals surface area contributed by atoms with E-state index < -0.39 is 13.0 Å². The minimum absolute atomic E-state index is 0.210. The van der Waals surface area contributed by atoms with Gasteiger partial charge in [-0.15, -0.1) is 11.3 Å². The predicted molar refractivity (Wildman–Crippen MR) is 118 cm³/mol. The van der Waals surface area contributed by atoms with Crippen molar-refractivity contribution in [1.82, 2.24) is 20.0 Å². The summed E-state index contributed by atoms with van der Waals surface area (Å²) in [5.41, 5.74) is 3.51. The normalized spacial score (nSPS) is 15.2. The van der Waals surface area contributed by atoms with Gasteiger partial charge in [-0.2, -0.15) is 5.10 Å². The molecule has 10 heteroatoms. The number of H-pyrrole nitrogens is 1. The summed E-state index contributed by atoms with van der Waals surface area (Å²) in [7, 11) is -0.469. The second-order valence-electron chi connectivity index (χ2n) is 7.57. The number of ether oxygens (including phenoxy) is 1. The Morgan fingerprint density at radius 2 is 2.06 bits per heavy atom. The second-order valence-corrected chi connectivity index (χ2v) is 8.43. The van der Waals surface area contributed by atoms with Crippen LogP contribution in [-0.2, 0) is 4.74 Å². The van der Waals surface area contributed by atoms with Crippen molar-refractivity contribution >= 4 is 24.4 Å². The van der Waals surface area contributed by atoms with Crippen LogP contribution in [0.4, 0.5) is 4.39 Å². The van der Waals surface area contributed by atoms with Crippen LogP contribution in [-0.4, -0.2) is 57.7 Å². The molecule has 7 nitrogen and oxygen atoms in total. The Morgan fingerprint density at radius 1 is 1.35 bits per heavy atom. The van der Waals surface area contributed by atoms with E-state index in [1.807, 2.05) is 4.81 Å². The Balaban J connectivity index is 1.73. The Morgan fingerprint density at radius 3 is 2.71 bits per heavy atom. The van der Waals surface area contributed by atoms with E-state index in [0.29, 0.717) is 10.7 Å². The lowest BCUT2D eigenvalue weighted by Crippen LogP contribution is -2.42. The number of hydrogen-bond donors (Lipinski definition) is 2. The van der Waals surface area contributed by atoms with Gasteiger partial charge in [0, 0.05) is 22.6 Å². The van der Waals surface area contributed by atoms with E-state index >= 15 is 0 Å². The molecule has 1 aromatic carbocycles. The Labute approximate surface area is 184 Å².